The zero-order valence-electron chi connectivity index (χ0n) is 17.4. The Balaban J connectivity index is 2.01. The zero-order chi connectivity index (χ0) is 23.2. The predicted octanol–water partition coefficient (Wildman–Crippen LogP) is 4.66. The summed E-state index contributed by atoms with van der Waals surface area (Å²) < 4.78 is 30.5. The van der Waals surface area contributed by atoms with Crippen LogP contribution in [0.2, 0.25) is 10.0 Å². The maximum Gasteiger partial charge on any atom is 0.338 e. The average molecular weight is 487 g/mol. The first-order chi connectivity index (χ1) is 14.5. The summed E-state index contributed by atoms with van der Waals surface area (Å²) in [4.78, 5) is 24.2. The monoisotopic (exact) mass is 486 g/mol. The summed E-state index contributed by atoms with van der Waals surface area (Å²) in [6, 6.07) is 9.41. The molecule has 0 heterocycles. The molecule has 0 saturated carbocycles. The van der Waals surface area contributed by atoms with E-state index in [0.717, 1.165) is 10.6 Å². The number of sulfonamides is 1. The fourth-order valence-electron chi connectivity index (χ4n) is 2.88. The second-order valence-electron chi connectivity index (χ2n) is 6.83. The van der Waals surface area contributed by atoms with E-state index in [1.165, 1.54) is 12.1 Å². The van der Waals surface area contributed by atoms with E-state index in [9.17, 15) is 18.0 Å². The number of nitrogens with zero attached hydrogens (tertiary/aromatic N) is 1. The number of nitrogens with one attached hydrogen (secondary N) is 1. The van der Waals surface area contributed by atoms with Gasteiger partial charge in [0.15, 0.2) is 0 Å². The number of rotatable bonds is 9. The third kappa shape index (κ3) is 7.12. The second kappa shape index (κ2) is 10.8. The van der Waals surface area contributed by atoms with Gasteiger partial charge in [-0.15, -0.1) is 0 Å². The van der Waals surface area contributed by atoms with Gasteiger partial charge in [-0.3, -0.25) is 9.10 Å². The van der Waals surface area contributed by atoms with Crippen molar-refractivity contribution in [3.8, 4) is 0 Å². The molecule has 0 saturated heterocycles. The molecule has 1 amide bonds. The molecule has 0 spiro atoms. The minimum Gasteiger partial charge on any atom is -0.462 e. The summed E-state index contributed by atoms with van der Waals surface area (Å²) >= 11 is 12.1. The Labute approximate surface area is 192 Å². The standard InChI is InChI=1S/C21H24Cl2N2O5S/c1-4-30-21(27)15-7-10-18(14(2)12-15)24-20(26)6-5-11-25(31(3,28)29)19-13-16(22)8-9-17(19)23/h7-10,12-13H,4-6,11H2,1-3H3,(H,24,26). The highest BCUT2D eigenvalue weighted by Crippen LogP contribution is 2.31. The number of halogens is 2. The number of hydrogen-bond acceptors (Lipinski definition) is 5. The van der Waals surface area contributed by atoms with Crippen LogP contribution in [-0.4, -0.2) is 39.7 Å². The van der Waals surface area contributed by atoms with E-state index in [2.05, 4.69) is 5.32 Å². The summed E-state index contributed by atoms with van der Waals surface area (Å²) in [7, 11) is -3.62. The Kier molecular flexibility index (Phi) is 8.73. The Morgan fingerprint density at radius 2 is 1.84 bits per heavy atom. The molecule has 0 bridgehead atoms. The van der Waals surface area contributed by atoms with Crippen LogP contribution in [0.3, 0.4) is 0 Å². The summed E-state index contributed by atoms with van der Waals surface area (Å²) in [6.07, 6.45) is 1.42. The van der Waals surface area contributed by atoms with Crippen molar-refractivity contribution in [1.82, 2.24) is 0 Å². The first-order valence-corrected chi connectivity index (χ1v) is 12.1. The number of carbonyl (C=O) groups excluding carboxylic acids is 2. The van der Waals surface area contributed by atoms with Gasteiger partial charge in [-0.25, -0.2) is 13.2 Å². The third-order valence-corrected chi connectivity index (χ3v) is 6.09. The fraction of sp³-hybridized carbons (Fsp3) is 0.333. The van der Waals surface area contributed by atoms with Crippen molar-refractivity contribution in [1.29, 1.82) is 0 Å². The Morgan fingerprint density at radius 1 is 1.13 bits per heavy atom. The average Bonchev–Trinajstić information content (AvgIpc) is 2.68. The number of hydrogen-bond donors (Lipinski definition) is 1. The van der Waals surface area contributed by atoms with Gasteiger partial charge < -0.3 is 10.1 Å². The van der Waals surface area contributed by atoms with Crippen molar-refractivity contribution < 1.29 is 22.7 Å². The van der Waals surface area contributed by atoms with E-state index in [1.807, 2.05) is 0 Å². The summed E-state index contributed by atoms with van der Waals surface area (Å²) in [5.74, 6) is -0.707. The largest absolute Gasteiger partial charge is 0.462 e. The van der Waals surface area contributed by atoms with Crippen LogP contribution < -0.4 is 9.62 Å². The maximum absolute atomic E-state index is 12.4. The fourth-order valence-corrected chi connectivity index (χ4v) is 4.29. The zero-order valence-corrected chi connectivity index (χ0v) is 19.8. The van der Waals surface area contributed by atoms with E-state index >= 15 is 0 Å². The van der Waals surface area contributed by atoms with Crippen LogP contribution >= 0.6 is 23.2 Å². The number of ether oxygens (including phenoxy) is 1. The van der Waals surface area contributed by atoms with Crippen LogP contribution in [0.1, 0.15) is 35.7 Å². The van der Waals surface area contributed by atoms with Crippen LogP contribution in [0.4, 0.5) is 11.4 Å². The number of aryl methyl sites for hydroxylation is 1. The van der Waals surface area contributed by atoms with Gasteiger partial charge in [-0.1, -0.05) is 23.2 Å². The summed E-state index contributed by atoms with van der Waals surface area (Å²) in [5, 5.41) is 3.38. The molecule has 0 aliphatic carbocycles. The lowest BCUT2D eigenvalue weighted by atomic mass is 10.1. The molecule has 0 radical (unpaired) electrons. The number of carbonyl (C=O) groups is 2. The molecule has 0 unspecified atom stereocenters. The van der Waals surface area contributed by atoms with E-state index in [-0.39, 0.29) is 42.6 Å². The molecule has 1 N–H and O–H groups in total. The van der Waals surface area contributed by atoms with Gasteiger partial charge in [0.05, 0.1) is 29.1 Å². The van der Waals surface area contributed by atoms with Crippen molar-refractivity contribution in [2.24, 2.45) is 0 Å². The third-order valence-electron chi connectivity index (χ3n) is 4.35. The molecule has 2 aromatic carbocycles. The lowest BCUT2D eigenvalue weighted by molar-refractivity contribution is -0.116. The van der Waals surface area contributed by atoms with Gasteiger partial charge in [0, 0.05) is 23.7 Å². The Hall–Kier alpha value is -2.29. The minimum absolute atomic E-state index is 0.0626. The molecule has 10 heteroatoms. The van der Waals surface area contributed by atoms with Crippen molar-refractivity contribution in [2.45, 2.75) is 26.7 Å². The number of amides is 1. The van der Waals surface area contributed by atoms with E-state index in [1.54, 1.807) is 38.1 Å². The van der Waals surface area contributed by atoms with Gasteiger partial charge in [0.25, 0.3) is 0 Å². The molecule has 168 valence electrons. The number of esters is 1. The van der Waals surface area contributed by atoms with Gasteiger partial charge in [0.2, 0.25) is 15.9 Å². The van der Waals surface area contributed by atoms with Crippen molar-refractivity contribution in [2.75, 3.05) is 29.0 Å². The molecule has 0 aliphatic heterocycles. The summed E-state index contributed by atoms with van der Waals surface area (Å²) in [5.41, 5.74) is 1.94. The molecule has 0 fully saturated rings. The molecular weight excluding hydrogens is 463 g/mol. The molecule has 31 heavy (non-hydrogen) atoms. The maximum atomic E-state index is 12.4. The van der Waals surface area contributed by atoms with E-state index in [0.29, 0.717) is 21.8 Å². The molecule has 2 rings (SSSR count). The number of benzene rings is 2. The summed E-state index contributed by atoms with van der Waals surface area (Å²) in [6.45, 7) is 3.84. The van der Waals surface area contributed by atoms with Crippen LogP contribution in [0.25, 0.3) is 0 Å². The lowest BCUT2D eigenvalue weighted by Crippen LogP contribution is -2.31. The first-order valence-electron chi connectivity index (χ1n) is 9.53. The van der Waals surface area contributed by atoms with Crippen LogP contribution in [0.5, 0.6) is 0 Å². The number of anilines is 2. The van der Waals surface area contributed by atoms with E-state index in [4.69, 9.17) is 27.9 Å². The van der Waals surface area contributed by atoms with Crippen LogP contribution in [0.15, 0.2) is 36.4 Å². The Morgan fingerprint density at radius 3 is 2.45 bits per heavy atom. The molecule has 0 aliphatic rings. The van der Waals surface area contributed by atoms with Gasteiger partial charge >= 0.3 is 5.97 Å². The highest BCUT2D eigenvalue weighted by Gasteiger charge is 2.20. The first kappa shape index (κ1) is 25.0. The van der Waals surface area contributed by atoms with Gasteiger partial charge in [0.1, 0.15) is 0 Å². The SMILES string of the molecule is CCOC(=O)c1ccc(NC(=O)CCCN(c2cc(Cl)ccc2Cl)S(C)(=O)=O)c(C)c1. The normalized spacial score (nSPS) is 11.1. The molecule has 7 nitrogen and oxygen atoms in total. The highest BCUT2D eigenvalue weighted by atomic mass is 35.5. The minimum atomic E-state index is -3.62. The topological polar surface area (TPSA) is 92.8 Å². The smallest absolute Gasteiger partial charge is 0.338 e. The van der Waals surface area contributed by atoms with Crippen molar-refractivity contribution in [3.63, 3.8) is 0 Å². The van der Waals surface area contributed by atoms with Crippen molar-refractivity contribution >= 4 is 56.5 Å². The van der Waals surface area contributed by atoms with Gasteiger partial charge in [-0.05, 0) is 62.2 Å². The van der Waals surface area contributed by atoms with Crippen LogP contribution in [-0.2, 0) is 19.6 Å². The quantitative estimate of drug-likeness (QED) is 0.520. The van der Waals surface area contributed by atoms with Gasteiger partial charge in [-0.2, -0.15) is 0 Å². The predicted molar refractivity (Wildman–Crippen MR) is 124 cm³/mol. The molecule has 0 atom stereocenters. The van der Waals surface area contributed by atoms with Crippen LogP contribution in [0, 0.1) is 6.92 Å². The highest BCUT2D eigenvalue weighted by molar-refractivity contribution is 7.92. The molecule has 0 aromatic heterocycles. The Bertz CT molecular complexity index is 1070. The van der Waals surface area contributed by atoms with E-state index < -0.39 is 16.0 Å². The lowest BCUT2D eigenvalue weighted by Gasteiger charge is -2.23. The van der Waals surface area contributed by atoms with Crippen molar-refractivity contribution in [3.05, 3.63) is 57.6 Å². The molecular formula is C21H24Cl2N2O5S. The second-order valence-corrected chi connectivity index (χ2v) is 9.58. The molecule has 2 aromatic rings.